The Morgan fingerprint density at radius 3 is 2.38 bits per heavy atom. The zero-order valence-electron chi connectivity index (χ0n) is 15.0. The van der Waals surface area contributed by atoms with E-state index in [9.17, 15) is 22.3 Å². The lowest BCUT2D eigenvalue weighted by Crippen LogP contribution is -2.11. The van der Waals surface area contributed by atoms with Crippen LogP contribution in [0.2, 0.25) is 0 Å². The van der Waals surface area contributed by atoms with Gasteiger partial charge in [0.05, 0.1) is 21.8 Å². The van der Waals surface area contributed by atoms with Crippen molar-refractivity contribution in [1.82, 2.24) is 14.6 Å². The van der Waals surface area contributed by atoms with Gasteiger partial charge in [-0.05, 0) is 31.2 Å². The largest absolute Gasteiger partial charge is 0.493 e. The average molecular weight is 416 g/mol. The molecule has 0 saturated carbocycles. The summed E-state index contributed by atoms with van der Waals surface area (Å²) >= 11 is 0. The summed E-state index contributed by atoms with van der Waals surface area (Å²) in [5.74, 6) is -1.75. The molecule has 3 N–H and O–H groups in total. The SMILES string of the molecule is Cc1nn2c(O)cc(-c3ccc(S(N)(=O)=O)cc3)nc2c1-c1ccc(F)cc1F. The summed E-state index contributed by atoms with van der Waals surface area (Å²) in [6.07, 6.45) is 0. The Morgan fingerprint density at radius 1 is 1.07 bits per heavy atom. The van der Waals surface area contributed by atoms with Crippen molar-refractivity contribution in [2.75, 3.05) is 0 Å². The van der Waals surface area contributed by atoms with E-state index in [-0.39, 0.29) is 22.0 Å². The van der Waals surface area contributed by atoms with Crippen LogP contribution in [0.15, 0.2) is 53.4 Å². The second-order valence-corrected chi connectivity index (χ2v) is 7.95. The van der Waals surface area contributed by atoms with E-state index in [1.165, 1.54) is 36.4 Å². The number of aromatic hydroxyl groups is 1. The molecule has 0 saturated heterocycles. The molecule has 2 aromatic heterocycles. The molecule has 29 heavy (non-hydrogen) atoms. The molecule has 0 unspecified atom stereocenters. The molecule has 2 heterocycles. The number of halogens is 2. The highest BCUT2D eigenvalue weighted by atomic mass is 32.2. The van der Waals surface area contributed by atoms with Crippen LogP contribution in [0, 0.1) is 18.6 Å². The molecule has 0 fully saturated rings. The summed E-state index contributed by atoms with van der Waals surface area (Å²) in [6.45, 7) is 1.62. The third-order valence-corrected chi connectivity index (χ3v) is 5.35. The average Bonchev–Trinajstić information content (AvgIpc) is 2.98. The number of hydrogen-bond donors (Lipinski definition) is 2. The highest BCUT2D eigenvalue weighted by molar-refractivity contribution is 7.89. The van der Waals surface area contributed by atoms with E-state index in [2.05, 4.69) is 10.1 Å². The highest BCUT2D eigenvalue weighted by Gasteiger charge is 2.20. The summed E-state index contributed by atoms with van der Waals surface area (Å²) in [5.41, 5.74) is 1.76. The number of hydrogen-bond acceptors (Lipinski definition) is 5. The molecule has 0 aliphatic rings. The molecule has 2 aromatic carbocycles. The first-order valence-corrected chi connectivity index (χ1v) is 9.88. The zero-order chi connectivity index (χ0) is 20.9. The van der Waals surface area contributed by atoms with Crippen molar-refractivity contribution < 1.29 is 22.3 Å². The predicted octanol–water partition coefficient (Wildman–Crippen LogP) is 3.00. The summed E-state index contributed by atoms with van der Waals surface area (Å²) < 4.78 is 51.7. The molecule has 4 aromatic rings. The summed E-state index contributed by atoms with van der Waals surface area (Å²) in [6, 6.07) is 10.1. The molecule has 7 nitrogen and oxygen atoms in total. The maximum atomic E-state index is 14.4. The number of nitrogens with two attached hydrogens (primary N) is 1. The van der Waals surface area contributed by atoms with Gasteiger partial charge in [0.2, 0.25) is 15.9 Å². The third-order valence-electron chi connectivity index (χ3n) is 4.42. The Morgan fingerprint density at radius 2 is 1.76 bits per heavy atom. The second-order valence-electron chi connectivity index (χ2n) is 6.39. The van der Waals surface area contributed by atoms with Crippen molar-refractivity contribution in [3.8, 4) is 28.3 Å². The van der Waals surface area contributed by atoms with Crippen molar-refractivity contribution in [1.29, 1.82) is 0 Å². The van der Waals surface area contributed by atoms with Gasteiger partial charge < -0.3 is 5.11 Å². The van der Waals surface area contributed by atoms with E-state index in [0.29, 0.717) is 22.5 Å². The first-order valence-electron chi connectivity index (χ1n) is 8.33. The molecule has 0 bridgehead atoms. The fourth-order valence-electron chi connectivity index (χ4n) is 3.08. The number of aromatic nitrogens is 3. The van der Waals surface area contributed by atoms with E-state index >= 15 is 0 Å². The van der Waals surface area contributed by atoms with Crippen LogP contribution in [0.1, 0.15) is 5.69 Å². The molecule has 0 atom stereocenters. The lowest BCUT2D eigenvalue weighted by Gasteiger charge is -2.07. The minimum Gasteiger partial charge on any atom is -0.493 e. The van der Waals surface area contributed by atoms with E-state index in [4.69, 9.17) is 5.14 Å². The monoisotopic (exact) mass is 416 g/mol. The quantitative estimate of drug-likeness (QED) is 0.533. The van der Waals surface area contributed by atoms with Gasteiger partial charge in [-0.25, -0.2) is 27.3 Å². The van der Waals surface area contributed by atoms with Crippen molar-refractivity contribution in [2.24, 2.45) is 5.14 Å². The van der Waals surface area contributed by atoms with Crippen molar-refractivity contribution in [3.05, 3.63) is 65.9 Å². The normalized spacial score (nSPS) is 11.9. The molecule has 4 rings (SSSR count). The number of aryl methyl sites for hydroxylation is 1. The van der Waals surface area contributed by atoms with Crippen LogP contribution < -0.4 is 5.14 Å². The Labute approximate surface area is 164 Å². The van der Waals surface area contributed by atoms with Crippen molar-refractivity contribution in [3.63, 3.8) is 0 Å². The topological polar surface area (TPSA) is 111 Å². The smallest absolute Gasteiger partial charge is 0.238 e. The molecule has 0 amide bonds. The summed E-state index contributed by atoms with van der Waals surface area (Å²) in [4.78, 5) is 4.39. The van der Waals surface area contributed by atoms with Gasteiger partial charge in [0.1, 0.15) is 11.6 Å². The maximum Gasteiger partial charge on any atom is 0.238 e. The Kier molecular flexibility index (Phi) is 4.32. The van der Waals surface area contributed by atoms with Gasteiger partial charge in [0.25, 0.3) is 0 Å². The lowest BCUT2D eigenvalue weighted by atomic mass is 10.1. The van der Waals surface area contributed by atoms with Gasteiger partial charge in [0.15, 0.2) is 5.65 Å². The third kappa shape index (κ3) is 3.32. The molecule has 10 heteroatoms. The fraction of sp³-hybridized carbons (Fsp3) is 0.0526. The van der Waals surface area contributed by atoms with Gasteiger partial charge in [-0.2, -0.15) is 9.61 Å². The summed E-state index contributed by atoms with van der Waals surface area (Å²) in [5, 5.41) is 19.7. The Hall–Kier alpha value is -3.37. The van der Waals surface area contributed by atoms with Gasteiger partial charge in [-0.15, -0.1) is 0 Å². The molecule has 0 radical (unpaired) electrons. The van der Waals surface area contributed by atoms with E-state index in [1.807, 2.05) is 0 Å². The van der Waals surface area contributed by atoms with Crippen LogP contribution in [0.25, 0.3) is 28.0 Å². The Balaban J connectivity index is 1.93. The van der Waals surface area contributed by atoms with Crippen LogP contribution in [0.4, 0.5) is 8.78 Å². The van der Waals surface area contributed by atoms with Crippen molar-refractivity contribution in [2.45, 2.75) is 11.8 Å². The van der Waals surface area contributed by atoms with E-state index in [0.717, 1.165) is 16.6 Å². The molecule has 0 aliphatic heterocycles. The van der Waals surface area contributed by atoms with Crippen LogP contribution in [0.3, 0.4) is 0 Å². The second kappa shape index (κ2) is 6.61. The number of primary sulfonamides is 1. The molecular weight excluding hydrogens is 402 g/mol. The van der Waals surface area contributed by atoms with Gasteiger partial charge >= 0.3 is 0 Å². The van der Waals surface area contributed by atoms with Crippen LogP contribution >= 0.6 is 0 Å². The number of nitrogens with zero attached hydrogens (tertiary/aromatic N) is 3. The van der Waals surface area contributed by atoms with E-state index < -0.39 is 21.7 Å². The van der Waals surface area contributed by atoms with Crippen molar-refractivity contribution >= 4 is 15.7 Å². The first kappa shape index (κ1) is 19.0. The van der Waals surface area contributed by atoms with Gasteiger partial charge in [-0.1, -0.05) is 12.1 Å². The Bertz CT molecular complexity index is 1370. The van der Waals surface area contributed by atoms with Crippen LogP contribution in [0.5, 0.6) is 5.88 Å². The number of benzene rings is 2. The maximum absolute atomic E-state index is 14.4. The molecular formula is C19H14F2N4O3S. The lowest BCUT2D eigenvalue weighted by molar-refractivity contribution is 0.435. The number of rotatable bonds is 3. The minimum absolute atomic E-state index is 0.0687. The highest BCUT2D eigenvalue weighted by Crippen LogP contribution is 2.33. The zero-order valence-corrected chi connectivity index (χ0v) is 15.8. The molecule has 0 spiro atoms. The molecule has 0 aliphatic carbocycles. The van der Waals surface area contributed by atoms with E-state index in [1.54, 1.807) is 6.92 Å². The molecule has 148 valence electrons. The summed E-state index contributed by atoms with van der Waals surface area (Å²) in [7, 11) is -3.85. The fourth-order valence-corrected chi connectivity index (χ4v) is 3.59. The first-order chi connectivity index (χ1) is 13.6. The number of sulfonamides is 1. The van der Waals surface area contributed by atoms with Crippen LogP contribution in [-0.2, 0) is 10.0 Å². The van der Waals surface area contributed by atoms with Gasteiger partial charge in [-0.3, -0.25) is 0 Å². The van der Waals surface area contributed by atoms with Crippen LogP contribution in [-0.4, -0.2) is 28.1 Å². The minimum atomic E-state index is -3.85. The predicted molar refractivity (Wildman–Crippen MR) is 102 cm³/mol. The van der Waals surface area contributed by atoms with Gasteiger partial charge in [0, 0.05) is 23.3 Å². The standard InChI is InChI=1S/C19H14F2N4O3S/c1-10-18(14-7-4-12(20)8-15(14)21)19-23-16(9-17(26)25(19)24-10)11-2-5-13(6-3-11)29(22,27)28/h2-9,26H,1H3,(H2,22,27,28). The number of fused-ring (bicyclic) bond motifs is 1.